The fraction of sp³-hybridized carbons (Fsp3) is 0.438. The minimum absolute atomic E-state index is 0.254. The Morgan fingerprint density at radius 2 is 1.91 bits per heavy atom. The van der Waals surface area contributed by atoms with Gasteiger partial charge in [-0.15, -0.1) is 0 Å². The van der Waals surface area contributed by atoms with Gasteiger partial charge in [0.05, 0.1) is 0 Å². The Labute approximate surface area is 149 Å². The van der Waals surface area contributed by atoms with Crippen LogP contribution in [0.4, 0.5) is 10.5 Å². The number of amides is 4. The van der Waals surface area contributed by atoms with Crippen LogP contribution in [0.15, 0.2) is 24.3 Å². The van der Waals surface area contributed by atoms with Crippen LogP contribution in [0.25, 0.3) is 0 Å². The molecule has 2 rings (SSSR count). The van der Waals surface area contributed by atoms with E-state index in [9.17, 15) is 14.4 Å². The van der Waals surface area contributed by atoms with Crippen LogP contribution in [-0.2, 0) is 9.59 Å². The van der Waals surface area contributed by atoms with E-state index in [0.717, 1.165) is 8.47 Å². The van der Waals surface area contributed by atoms with Crippen LogP contribution in [0.1, 0.15) is 27.2 Å². The van der Waals surface area contributed by atoms with E-state index < -0.39 is 17.5 Å². The van der Waals surface area contributed by atoms with Gasteiger partial charge in [0.25, 0.3) is 5.91 Å². The number of carbonyl (C=O) groups excluding carboxylic acids is 3. The van der Waals surface area contributed by atoms with Crippen LogP contribution in [0.2, 0.25) is 0 Å². The van der Waals surface area contributed by atoms with Gasteiger partial charge in [-0.05, 0) is 66.1 Å². The normalized spacial score (nSPS) is 20.8. The summed E-state index contributed by atoms with van der Waals surface area (Å²) in [5, 5.41) is 5.38. The van der Waals surface area contributed by atoms with Crippen LogP contribution in [0.5, 0.6) is 0 Å². The molecule has 6 nitrogen and oxygen atoms in total. The fourth-order valence-corrected chi connectivity index (χ4v) is 3.08. The zero-order chi connectivity index (χ0) is 17.2. The maximum Gasteiger partial charge on any atom is 0.325 e. The van der Waals surface area contributed by atoms with Gasteiger partial charge in [0.2, 0.25) is 5.91 Å². The highest BCUT2D eigenvalue weighted by Gasteiger charge is 2.48. The summed E-state index contributed by atoms with van der Waals surface area (Å²) in [7, 11) is 0. The molecular formula is C16H20IN3O3. The first-order valence-corrected chi connectivity index (χ1v) is 8.48. The third-order valence-electron chi connectivity index (χ3n) is 3.59. The SMILES string of the molecule is CC(C)C[C@@]1(C)NC(=O)N(CC(=O)Nc2ccc(I)cc2)C1=O. The second kappa shape index (κ2) is 6.86. The standard InChI is InChI=1S/C16H20IN3O3/c1-10(2)8-16(3)14(22)20(15(23)19-16)9-13(21)18-12-6-4-11(17)5-7-12/h4-7,10H,8-9H2,1-3H3,(H,18,21)(H,19,23)/t16-/m1/s1. The largest absolute Gasteiger partial charge is 0.325 e. The van der Waals surface area contributed by atoms with E-state index in [4.69, 9.17) is 0 Å². The second-order valence-electron chi connectivity index (χ2n) is 6.31. The van der Waals surface area contributed by atoms with Crippen molar-refractivity contribution in [2.24, 2.45) is 5.92 Å². The minimum atomic E-state index is -0.936. The van der Waals surface area contributed by atoms with Gasteiger partial charge in [-0.25, -0.2) is 4.79 Å². The van der Waals surface area contributed by atoms with Gasteiger partial charge in [0, 0.05) is 9.26 Å². The van der Waals surface area contributed by atoms with Crippen molar-refractivity contribution in [3.05, 3.63) is 27.8 Å². The molecule has 1 atom stereocenters. The van der Waals surface area contributed by atoms with E-state index in [1.165, 1.54) is 0 Å². The van der Waals surface area contributed by atoms with Crippen LogP contribution < -0.4 is 10.6 Å². The Morgan fingerprint density at radius 3 is 2.48 bits per heavy atom. The van der Waals surface area contributed by atoms with E-state index in [1.807, 2.05) is 26.0 Å². The molecule has 7 heteroatoms. The number of halogens is 1. The van der Waals surface area contributed by atoms with Crippen molar-refractivity contribution in [3.8, 4) is 0 Å². The molecule has 1 aromatic carbocycles. The number of benzene rings is 1. The van der Waals surface area contributed by atoms with Crippen molar-refractivity contribution in [3.63, 3.8) is 0 Å². The lowest BCUT2D eigenvalue weighted by atomic mass is 9.91. The summed E-state index contributed by atoms with van der Waals surface area (Å²) in [5.41, 5.74) is -0.304. The number of hydrogen-bond acceptors (Lipinski definition) is 3. The first-order valence-electron chi connectivity index (χ1n) is 7.41. The molecular weight excluding hydrogens is 409 g/mol. The Kier molecular flexibility index (Phi) is 5.28. The highest BCUT2D eigenvalue weighted by Crippen LogP contribution is 2.24. The Balaban J connectivity index is 2.02. The summed E-state index contributed by atoms with van der Waals surface area (Å²) in [6.07, 6.45) is 0.535. The van der Waals surface area contributed by atoms with Crippen molar-refractivity contribution >= 4 is 46.1 Å². The Bertz CT molecular complexity index is 630. The Morgan fingerprint density at radius 1 is 1.30 bits per heavy atom. The van der Waals surface area contributed by atoms with Gasteiger partial charge in [0.1, 0.15) is 12.1 Å². The highest BCUT2D eigenvalue weighted by molar-refractivity contribution is 14.1. The molecule has 1 heterocycles. The van der Waals surface area contributed by atoms with E-state index in [1.54, 1.807) is 19.1 Å². The number of imide groups is 1. The minimum Gasteiger partial charge on any atom is -0.325 e. The lowest BCUT2D eigenvalue weighted by molar-refractivity contribution is -0.133. The quantitative estimate of drug-likeness (QED) is 0.558. The molecule has 0 aromatic heterocycles. The number of rotatable bonds is 5. The predicted octanol–water partition coefficient (Wildman–Crippen LogP) is 2.59. The molecule has 0 saturated carbocycles. The lowest BCUT2D eigenvalue weighted by Crippen LogP contribution is -2.45. The van der Waals surface area contributed by atoms with Gasteiger partial charge < -0.3 is 10.6 Å². The Hall–Kier alpha value is -1.64. The van der Waals surface area contributed by atoms with Gasteiger partial charge in [-0.1, -0.05) is 13.8 Å². The van der Waals surface area contributed by atoms with Crippen LogP contribution in [-0.4, -0.2) is 34.8 Å². The molecule has 23 heavy (non-hydrogen) atoms. The van der Waals surface area contributed by atoms with E-state index in [2.05, 4.69) is 33.2 Å². The predicted molar refractivity (Wildman–Crippen MR) is 95.9 cm³/mol. The number of nitrogens with zero attached hydrogens (tertiary/aromatic N) is 1. The van der Waals surface area contributed by atoms with Gasteiger partial charge >= 0.3 is 6.03 Å². The molecule has 2 N–H and O–H groups in total. The maximum absolute atomic E-state index is 12.5. The molecule has 124 valence electrons. The van der Waals surface area contributed by atoms with Crippen LogP contribution in [0, 0.1) is 9.49 Å². The molecule has 0 spiro atoms. The van der Waals surface area contributed by atoms with Crippen molar-refractivity contribution in [1.82, 2.24) is 10.2 Å². The summed E-state index contributed by atoms with van der Waals surface area (Å²) in [6.45, 7) is 5.38. The molecule has 0 bridgehead atoms. The summed E-state index contributed by atoms with van der Waals surface area (Å²) < 4.78 is 1.05. The van der Waals surface area contributed by atoms with Gasteiger partial charge in [0.15, 0.2) is 0 Å². The van der Waals surface area contributed by atoms with Crippen molar-refractivity contribution < 1.29 is 14.4 Å². The molecule has 0 aliphatic carbocycles. The molecule has 0 unspecified atom stereocenters. The summed E-state index contributed by atoms with van der Waals surface area (Å²) in [6, 6.07) is 6.76. The van der Waals surface area contributed by atoms with Crippen LogP contribution in [0.3, 0.4) is 0 Å². The zero-order valence-corrected chi connectivity index (χ0v) is 15.5. The number of urea groups is 1. The van der Waals surface area contributed by atoms with E-state index in [-0.39, 0.29) is 18.4 Å². The lowest BCUT2D eigenvalue weighted by Gasteiger charge is -2.23. The smallest absolute Gasteiger partial charge is 0.325 e. The third-order valence-corrected chi connectivity index (χ3v) is 4.31. The average Bonchev–Trinajstić information content (AvgIpc) is 2.64. The number of anilines is 1. The number of carbonyl (C=O) groups is 3. The maximum atomic E-state index is 12.5. The van der Waals surface area contributed by atoms with Crippen LogP contribution >= 0.6 is 22.6 Å². The van der Waals surface area contributed by atoms with E-state index in [0.29, 0.717) is 12.1 Å². The van der Waals surface area contributed by atoms with Crippen molar-refractivity contribution in [2.45, 2.75) is 32.7 Å². The number of hydrogen-bond donors (Lipinski definition) is 2. The molecule has 1 fully saturated rings. The van der Waals surface area contributed by atoms with E-state index >= 15 is 0 Å². The molecule has 1 aromatic rings. The molecule has 1 saturated heterocycles. The summed E-state index contributed by atoms with van der Waals surface area (Å²) in [4.78, 5) is 37.6. The first-order chi connectivity index (χ1) is 10.7. The fourth-order valence-electron chi connectivity index (χ4n) is 2.72. The zero-order valence-electron chi connectivity index (χ0n) is 13.4. The molecule has 1 aliphatic rings. The molecule has 4 amide bonds. The topological polar surface area (TPSA) is 78.5 Å². The summed E-state index contributed by atoms with van der Waals surface area (Å²) in [5.74, 6) is -0.498. The van der Waals surface area contributed by atoms with Gasteiger partial charge in [-0.2, -0.15) is 0 Å². The summed E-state index contributed by atoms with van der Waals surface area (Å²) >= 11 is 2.17. The first kappa shape index (κ1) is 17.7. The third kappa shape index (κ3) is 4.21. The highest BCUT2D eigenvalue weighted by atomic mass is 127. The van der Waals surface area contributed by atoms with Gasteiger partial charge in [-0.3, -0.25) is 14.5 Å². The monoisotopic (exact) mass is 429 g/mol. The van der Waals surface area contributed by atoms with Crippen molar-refractivity contribution in [2.75, 3.05) is 11.9 Å². The average molecular weight is 429 g/mol. The van der Waals surface area contributed by atoms with Crippen molar-refractivity contribution in [1.29, 1.82) is 0 Å². The second-order valence-corrected chi connectivity index (χ2v) is 7.55. The molecule has 0 radical (unpaired) electrons. The number of nitrogens with one attached hydrogen (secondary N) is 2. The molecule has 1 aliphatic heterocycles.